The minimum atomic E-state index is -0.754. The van der Waals surface area contributed by atoms with Gasteiger partial charge in [-0.2, -0.15) is 0 Å². The van der Waals surface area contributed by atoms with Gasteiger partial charge in [0.25, 0.3) is 0 Å². The van der Waals surface area contributed by atoms with Crippen molar-refractivity contribution in [3.8, 4) is 28.3 Å². The smallest absolute Gasteiger partial charge is 0.307 e. The fourth-order valence-electron chi connectivity index (χ4n) is 6.00. The SMILES string of the molecule is Nc1ncccc1-c1nc2ccc(-c3ccccc3)nc2n1-c1ccc(NC(=O)C2CC3C(C2)C3C(=O)O)nc1. The number of carbonyl (C=O) groups excluding carboxylic acids is 1. The second kappa shape index (κ2) is 9.26. The lowest BCUT2D eigenvalue weighted by Crippen LogP contribution is -2.23. The van der Waals surface area contributed by atoms with Crippen LogP contribution in [-0.4, -0.2) is 41.5 Å². The highest BCUT2D eigenvalue weighted by molar-refractivity contribution is 5.92. The summed E-state index contributed by atoms with van der Waals surface area (Å²) in [4.78, 5) is 42.7. The highest BCUT2D eigenvalue weighted by Crippen LogP contribution is 2.59. The minimum Gasteiger partial charge on any atom is -0.481 e. The van der Waals surface area contributed by atoms with Gasteiger partial charge in [-0.1, -0.05) is 30.3 Å². The summed E-state index contributed by atoms with van der Waals surface area (Å²) in [6.45, 7) is 0. The van der Waals surface area contributed by atoms with Crippen molar-refractivity contribution in [1.82, 2.24) is 24.5 Å². The third-order valence-corrected chi connectivity index (χ3v) is 8.01. The van der Waals surface area contributed by atoms with Crippen molar-refractivity contribution >= 4 is 34.7 Å². The van der Waals surface area contributed by atoms with Crippen molar-refractivity contribution in [2.45, 2.75) is 12.8 Å². The summed E-state index contributed by atoms with van der Waals surface area (Å²) < 4.78 is 1.89. The second-order valence-electron chi connectivity index (χ2n) is 10.4. The number of hydrogen-bond acceptors (Lipinski definition) is 7. The van der Waals surface area contributed by atoms with Gasteiger partial charge in [-0.25, -0.2) is 19.9 Å². The molecule has 0 saturated heterocycles. The van der Waals surface area contributed by atoms with Crippen LogP contribution >= 0.6 is 0 Å². The largest absolute Gasteiger partial charge is 0.481 e. The van der Waals surface area contributed by atoms with Gasteiger partial charge >= 0.3 is 5.97 Å². The number of nitrogen functional groups attached to an aromatic ring is 1. The van der Waals surface area contributed by atoms with E-state index >= 15 is 0 Å². The van der Waals surface area contributed by atoms with E-state index in [0.717, 1.165) is 11.3 Å². The first-order valence-electron chi connectivity index (χ1n) is 13.1. The maximum absolute atomic E-state index is 12.8. The Morgan fingerprint density at radius 1 is 0.925 bits per heavy atom. The number of amides is 1. The van der Waals surface area contributed by atoms with Crippen molar-refractivity contribution in [3.05, 3.63) is 79.1 Å². The first-order chi connectivity index (χ1) is 19.5. The quantitative estimate of drug-likeness (QED) is 0.291. The number of nitrogens with two attached hydrogens (primary N) is 1. The molecule has 40 heavy (non-hydrogen) atoms. The fourth-order valence-corrected chi connectivity index (χ4v) is 6.00. The lowest BCUT2D eigenvalue weighted by Gasteiger charge is -2.14. The van der Waals surface area contributed by atoms with E-state index in [0.29, 0.717) is 52.7 Å². The molecule has 0 aliphatic heterocycles. The van der Waals surface area contributed by atoms with Crippen molar-refractivity contribution in [2.75, 3.05) is 11.1 Å². The van der Waals surface area contributed by atoms with E-state index in [-0.39, 0.29) is 29.6 Å². The number of benzene rings is 1. The van der Waals surface area contributed by atoms with Crippen molar-refractivity contribution < 1.29 is 14.7 Å². The molecule has 0 bridgehead atoms. The van der Waals surface area contributed by atoms with Gasteiger partial charge in [-0.05, 0) is 61.1 Å². The summed E-state index contributed by atoms with van der Waals surface area (Å²) >= 11 is 0. The first kappa shape index (κ1) is 24.0. The Morgan fingerprint density at radius 3 is 2.42 bits per heavy atom. The van der Waals surface area contributed by atoms with E-state index in [9.17, 15) is 14.7 Å². The zero-order chi connectivity index (χ0) is 27.4. The molecule has 2 unspecified atom stereocenters. The molecular formula is C30H25N7O3. The number of carbonyl (C=O) groups is 2. The van der Waals surface area contributed by atoms with Crippen LogP contribution in [0.15, 0.2) is 79.1 Å². The molecule has 2 atom stereocenters. The van der Waals surface area contributed by atoms with Crippen LogP contribution in [0.4, 0.5) is 11.6 Å². The van der Waals surface area contributed by atoms with Crippen LogP contribution in [0.1, 0.15) is 12.8 Å². The Morgan fingerprint density at radius 2 is 1.73 bits per heavy atom. The number of pyridine rings is 3. The number of nitrogens with zero attached hydrogens (tertiary/aromatic N) is 5. The Labute approximate surface area is 228 Å². The summed E-state index contributed by atoms with van der Waals surface area (Å²) in [7, 11) is 0. The van der Waals surface area contributed by atoms with Crippen LogP contribution in [0.2, 0.25) is 0 Å². The molecule has 2 aliphatic carbocycles. The lowest BCUT2D eigenvalue weighted by atomic mass is 9.99. The molecule has 5 aromatic rings. The van der Waals surface area contributed by atoms with Gasteiger partial charge in [0.1, 0.15) is 17.2 Å². The van der Waals surface area contributed by atoms with E-state index in [1.54, 1.807) is 24.5 Å². The second-order valence-corrected chi connectivity index (χ2v) is 10.4. The molecule has 1 amide bonds. The van der Waals surface area contributed by atoms with E-state index in [1.807, 2.05) is 59.2 Å². The monoisotopic (exact) mass is 531 g/mol. The number of rotatable bonds is 6. The third-order valence-electron chi connectivity index (χ3n) is 8.01. The Hall–Kier alpha value is -5.12. The molecule has 2 aliphatic rings. The normalized spacial score (nSPS) is 21.2. The predicted octanol–water partition coefficient (Wildman–Crippen LogP) is 4.42. The zero-order valence-corrected chi connectivity index (χ0v) is 21.3. The lowest BCUT2D eigenvalue weighted by molar-refractivity contribution is -0.139. The van der Waals surface area contributed by atoms with Gasteiger partial charge in [-0.15, -0.1) is 0 Å². The molecule has 2 fully saturated rings. The summed E-state index contributed by atoms with van der Waals surface area (Å²) in [6.07, 6.45) is 4.51. The average molecular weight is 532 g/mol. The summed E-state index contributed by atoms with van der Waals surface area (Å²) in [5, 5.41) is 12.1. The van der Waals surface area contributed by atoms with Crippen molar-refractivity contribution in [3.63, 3.8) is 0 Å². The molecule has 4 heterocycles. The Bertz CT molecular complexity index is 1760. The number of aromatic nitrogens is 5. The number of fused-ring (bicyclic) bond motifs is 2. The van der Waals surface area contributed by atoms with Gasteiger partial charge in [0.05, 0.1) is 29.1 Å². The number of aliphatic carboxylic acids is 1. The number of carboxylic acid groups (broad SMARTS) is 1. The zero-order valence-electron chi connectivity index (χ0n) is 21.3. The molecule has 10 nitrogen and oxygen atoms in total. The maximum atomic E-state index is 12.8. The van der Waals surface area contributed by atoms with E-state index in [4.69, 9.17) is 15.7 Å². The predicted molar refractivity (Wildman–Crippen MR) is 149 cm³/mol. The molecular weight excluding hydrogens is 506 g/mol. The van der Waals surface area contributed by atoms with E-state index in [2.05, 4.69) is 15.3 Å². The van der Waals surface area contributed by atoms with Crippen LogP contribution in [0.3, 0.4) is 0 Å². The van der Waals surface area contributed by atoms with Crippen LogP contribution < -0.4 is 11.1 Å². The molecule has 10 heteroatoms. The average Bonchev–Trinajstić information content (AvgIpc) is 3.28. The highest BCUT2D eigenvalue weighted by atomic mass is 16.4. The van der Waals surface area contributed by atoms with Crippen LogP contribution in [-0.2, 0) is 9.59 Å². The number of anilines is 2. The fraction of sp³-hybridized carbons (Fsp3) is 0.200. The molecule has 4 aromatic heterocycles. The van der Waals surface area contributed by atoms with Crippen LogP contribution in [0.5, 0.6) is 0 Å². The number of nitrogens with one attached hydrogen (secondary N) is 1. The van der Waals surface area contributed by atoms with Gasteiger partial charge in [0.2, 0.25) is 5.91 Å². The van der Waals surface area contributed by atoms with E-state index < -0.39 is 5.97 Å². The standard InChI is InChI=1S/C30H25N7O3/c31-26-19(7-4-12-32-26)27-35-23-10-9-22(16-5-2-1-3-6-16)34-28(23)37(27)18-8-11-24(33-15-18)36-29(38)17-13-20-21(14-17)25(20)30(39)40/h1-12,15,17,20-21,25H,13-14H2,(H2,31,32)(H,39,40)(H,33,36,38). The molecule has 4 N–H and O–H groups in total. The molecule has 0 spiro atoms. The summed E-state index contributed by atoms with van der Waals surface area (Å²) in [6, 6.07) is 21.0. The molecule has 2 saturated carbocycles. The Balaban J connectivity index is 1.22. The maximum Gasteiger partial charge on any atom is 0.307 e. The number of carboxylic acids is 1. The molecule has 7 rings (SSSR count). The minimum absolute atomic E-state index is 0.115. The molecule has 0 radical (unpaired) electrons. The topological polar surface area (TPSA) is 149 Å². The third kappa shape index (κ3) is 4.05. The summed E-state index contributed by atoms with van der Waals surface area (Å²) in [5.74, 6) is 0.229. The van der Waals surface area contributed by atoms with Crippen molar-refractivity contribution in [2.24, 2.45) is 23.7 Å². The van der Waals surface area contributed by atoms with E-state index in [1.165, 1.54) is 0 Å². The molecule has 198 valence electrons. The van der Waals surface area contributed by atoms with Crippen LogP contribution in [0.25, 0.3) is 39.5 Å². The Kier molecular flexibility index (Phi) is 5.55. The summed E-state index contributed by atoms with van der Waals surface area (Å²) in [5.41, 5.74) is 10.7. The number of hydrogen-bond donors (Lipinski definition) is 3. The van der Waals surface area contributed by atoms with Crippen LogP contribution in [0, 0.1) is 23.7 Å². The van der Waals surface area contributed by atoms with Gasteiger partial charge in [0, 0.05) is 17.7 Å². The molecule has 1 aromatic carbocycles. The highest BCUT2D eigenvalue weighted by Gasteiger charge is 2.61. The van der Waals surface area contributed by atoms with Gasteiger partial charge < -0.3 is 16.2 Å². The van der Waals surface area contributed by atoms with Gasteiger partial charge in [0.15, 0.2) is 11.5 Å². The first-order valence-corrected chi connectivity index (χ1v) is 13.1. The van der Waals surface area contributed by atoms with Gasteiger partial charge in [-0.3, -0.25) is 14.2 Å². The number of imidazole rings is 1. The van der Waals surface area contributed by atoms with Crippen molar-refractivity contribution in [1.29, 1.82) is 0 Å².